The smallest absolute Gasteiger partial charge is 0.490 e. The van der Waals surface area contributed by atoms with E-state index in [1.807, 2.05) is 18.7 Å². The van der Waals surface area contributed by atoms with Crippen molar-refractivity contribution in [3.05, 3.63) is 82.5 Å². The molecule has 0 bridgehead atoms. The van der Waals surface area contributed by atoms with Crippen molar-refractivity contribution in [3.63, 3.8) is 0 Å². The van der Waals surface area contributed by atoms with Crippen molar-refractivity contribution >= 4 is 35.2 Å². The molecular weight excluding hydrogens is 833 g/mol. The molecule has 14 nitrogen and oxygen atoms in total. The lowest BCUT2D eigenvalue weighted by atomic mass is 9.91. The molecule has 7 rings (SSSR count). The number of nitrogens with two attached hydrogens (primary N) is 1. The van der Waals surface area contributed by atoms with Gasteiger partial charge in [-0.2, -0.15) is 13.2 Å². The summed E-state index contributed by atoms with van der Waals surface area (Å²) in [7, 11) is 0. The molecule has 7 heterocycles. The Bertz CT molecular complexity index is 2370. The molecule has 1 unspecified atom stereocenters. The summed E-state index contributed by atoms with van der Waals surface area (Å²) in [5.74, 6) is -5.39. The van der Waals surface area contributed by atoms with Gasteiger partial charge in [-0.05, 0) is 88.4 Å². The molecule has 62 heavy (non-hydrogen) atoms. The number of nitrogens with zero attached hydrogens (tertiary/aromatic N) is 6. The molecule has 4 N–H and O–H groups in total. The number of halogens is 7. The Kier molecular flexibility index (Phi) is 13.8. The third-order valence-corrected chi connectivity index (χ3v) is 10.7. The van der Waals surface area contributed by atoms with Gasteiger partial charge in [-0.15, -0.1) is 0 Å². The maximum Gasteiger partial charge on any atom is 0.490 e. The predicted octanol–water partition coefficient (Wildman–Crippen LogP) is 6.61. The van der Waals surface area contributed by atoms with Gasteiger partial charge in [-0.25, -0.2) is 37.3 Å². The van der Waals surface area contributed by atoms with Crippen LogP contribution < -0.4 is 20.7 Å². The van der Waals surface area contributed by atoms with Crippen LogP contribution in [0.4, 0.5) is 36.6 Å². The van der Waals surface area contributed by atoms with Crippen LogP contribution in [0.2, 0.25) is 0 Å². The summed E-state index contributed by atoms with van der Waals surface area (Å²) in [4.78, 5) is 62.4. The number of carbonyl (C=O) groups excluding carboxylic acids is 3. The van der Waals surface area contributed by atoms with Crippen molar-refractivity contribution < 1.29 is 59.8 Å². The second-order valence-electron chi connectivity index (χ2n) is 15.3. The second kappa shape index (κ2) is 18.9. The van der Waals surface area contributed by atoms with E-state index < -0.39 is 42.1 Å². The highest BCUT2D eigenvalue weighted by Gasteiger charge is 2.38. The molecule has 4 aromatic rings. The first-order chi connectivity index (χ1) is 29.3. The fraction of sp³-hybridized carbons (Fsp3) is 0.439. The Morgan fingerprint density at radius 1 is 1.02 bits per heavy atom. The zero-order valence-electron chi connectivity index (χ0n) is 33.5. The summed E-state index contributed by atoms with van der Waals surface area (Å²) >= 11 is 0. The number of amides is 3. The van der Waals surface area contributed by atoms with Gasteiger partial charge in [0.05, 0.1) is 41.2 Å². The first kappa shape index (κ1) is 45.4. The maximum atomic E-state index is 15.7. The van der Waals surface area contributed by atoms with E-state index in [2.05, 4.69) is 15.3 Å². The van der Waals surface area contributed by atoms with Crippen LogP contribution in [0.25, 0.3) is 17.0 Å². The van der Waals surface area contributed by atoms with Gasteiger partial charge in [0.2, 0.25) is 11.8 Å². The summed E-state index contributed by atoms with van der Waals surface area (Å²) in [6.45, 7) is 5.63. The third-order valence-electron chi connectivity index (χ3n) is 10.7. The Hall–Kier alpha value is -6.12. The number of carboxylic acids is 1. The van der Waals surface area contributed by atoms with E-state index in [0.717, 1.165) is 0 Å². The molecule has 3 fully saturated rings. The van der Waals surface area contributed by atoms with Crippen LogP contribution >= 0.6 is 0 Å². The van der Waals surface area contributed by atoms with Crippen molar-refractivity contribution in [1.29, 1.82) is 0 Å². The number of primary amides is 1. The highest BCUT2D eigenvalue weighted by molar-refractivity contribution is 6.01. The quantitative estimate of drug-likeness (QED) is 0.115. The maximum absolute atomic E-state index is 15.7. The van der Waals surface area contributed by atoms with Crippen molar-refractivity contribution in [2.45, 2.75) is 82.9 Å². The number of carbonyl (C=O) groups is 4. The molecule has 21 heteroatoms. The molecule has 0 spiro atoms. The molecule has 0 aliphatic carbocycles. The lowest BCUT2D eigenvalue weighted by molar-refractivity contribution is -0.192. The SMILES string of the molecule is CC(C)Oc1cc2nc(C3CCN(CC(F)=C4CCN(c5ncc(C6CCC(=O)NC6=O)cc5F)CC4)CC3)c(-c3cccc(C(F)F)n3)n2cc1C(N)=O.O=C(O)C(F)(F)F. The Balaban J connectivity index is 0.000000845. The van der Waals surface area contributed by atoms with Gasteiger partial charge in [0.25, 0.3) is 12.3 Å². The largest absolute Gasteiger partial charge is 0.490 e. The first-order valence-corrected chi connectivity index (χ1v) is 19.7. The Morgan fingerprint density at radius 2 is 1.69 bits per heavy atom. The average Bonchev–Trinajstić information content (AvgIpc) is 3.59. The number of aliphatic carboxylic acids is 1. The normalized spacial score (nSPS) is 17.9. The fourth-order valence-corrected chi connectivity index (χ4v) is 7.68. The van der Waals surface area contributed by atoms with E-state index in [4.69, 9.17) is 25.4 Å². The number of alkyl halides is 5. The molecule has 0 aromatic carbocycles. The number of nitrogens with one attached hydrogen (secondary N) is 1. The topological polar surface area (TPSA) is 185 Å². The van der Waals surface area contributed by atoms with Crippen LogP contribution in [0.15, 0.2) is 54.1 Å². The van der Waals surface area contributed by atoms with Gasteiger partial charge in [0.1, 0.15) is 22.9 Å². The van der Waals surface area contributed by atoms with Gasteiger partial charge < -0.3 is 20.5 Å². The Labute approximate surface area is 350 Å². The molecule has 3 saturated heterocycles. The monoisotopic (exact) mass is 876 g/mol. The van der Waals surface area contributed by atoms with E-state index >= 15 is 8.78 Å². The van der Waals surface area contributed by atoms with E-state index in [1.54, 1.807) is 21.4 Å². The Morgan fingerprint density at radius 3 is 2.27 bits per heavy atom. The molecule has 4 aromatic heterocycles. The van der Waals surface area contributed by atoms with Crippen molar-refractivity contribution in [1.82, 2.24) is 29.6 Å². The summed E-state index contributed by atoms with van der Waals surface area (Å²) in [5, 5.41) is 9.41. The van der Waals surface area contributed by atoms with E-state index in [1.165, 1.54) is 30.6 Å². The number of rotatable bonds is 10. The van der Waals surface area contributed by atoms with E-state index in [9.17, 15) is 36.3 Å². The molecular formula is C41H43F7N8O6. The van der Waals surface area contributed by atoms with Crippen molar-refractivity contribution in [3.8, 4) is 17.1 Å². The molecule has 332 valence electrons. The van der Waals surface area contributed by atoms with Crippen molar-refractivity contribution in [2.24, 2.45) is 5.73 Å². The van der Waals surface area contributed by atoms with Crippen LogP contribution in [0.5, 0.6) is 5.75 Å². The minimum atomic E-state index is -5.08. The first-order valence-electron chi connectivity index (χ1n) is 19.7. The summed E-state index contributed by atoms with van der Waals surface area (Å²) in [5.41, 5.74) is 8.37. The minimum absolute atomic E-state index is 0.114. The lowest BCUT2D eigenvalue weighted by Crippen LogP contribution is -2.39. The summed E-state index contributed by atoms with van der Waals surface area (Å²) in [6.07, 6.45) is -2.63. The van der Waals surface area contributed by atoms with E-state index in [0.29, 0.717) is 86.5 Å². The average molecular weight is 877 g/mol. The van der Waals surface area contributed by atoms with Gasteiger partial charge in [-0.3, -0.25) is 29.0 Å². The van der Waals surface area contributed by atoms with Crippen LogP contribution in [0, 0.1) is 5.82 Å². The standard InChI is InChI=1S/C39H42F4N8O4.C2HF3O2/c1-21(2)55-31-17-32-47-34(35(51(32)19-26(31)37(44)53)29-4-3-5-30(46-29)36(42)43)23-8-12-49(13-9-23)20-28(41)22-10-14-50(15-11-22)38-27(40)16-24(18-45-38)25-6-7-33(52)48-39(25)54;3-2(4,5)1(6)7/h3-5,16-19,21,23,25,36H,6-15,20H2,1-2H3,(H2,44,53)(H,48,52,54);(H,6,7). The van der Waals surface area contributed by atoms with Crippen LogP contribution in [-0.2, 0) is 14.4 Å². The molecule has 0 radical (unpaired) electrons. The molecule has 1 atom stereocenters. The number of anilines is 1. The number of hydrogen-bond donors (Lipinski definition) is 3. The zero-order chi connectivity index (χ0) is 45.0. The van der Waals surface area contributed by atoms with Gasteiger partial charge in [0.15, 0.2) is 11.6 Å². The number of likely N-dealkylation sites (tertiary alicyclic amines) is 1. The highest BCUT2D eigenvalue weighted by atomic mass is 19.4. The van der Waals surface area contributed by atoms with Gasteiger partial charge in [-0.1, -0.05) is 6.07 Å². The number of hydrogen-bond acceptors (Lipinski definition) is 10. The predicted molar refractivity (Wildman–Crippen MR) is 209 cm³/mol. The van der Waals surface area contributed by atoms with E-state index in [-0.39, 0.29) is 65.2 Å². The number of carboxylic acid groups (broad SMARTS) is 1. The number of imide groups is 1. The van der Waals surface area contributed by atoms with Crippen LogP contribution in [0.3, 0.4) is 0 Å². The third kappa shape index (κ3) is 10.5. The number of aromatic nitrogens is 4. The van der Waals surface area contributed by atoms with Gasteiger partial charge >= 0.3 is 12.1 Å². The molecule has 3 aliphatic rings. The second-order valence-corrected chi connectivity index (χ2v) is 15.3. The summed E-state index contributed by atoms with van der Waals surface area (Å²) in [6, 6.07) is 7.30. The number of ether oxygens (including phenoxy) is 1. The van der Waals surface area contributed by atoms with Crippen LogP contribution in [-0.4, -0.2) is 98.1 Å². The number of fused-ring (bicyclic) bond motifs is 1. The van der Waals surface area contributed by atoms with Gasteiger partial charge in [0, 0.05) is 43.9 Å². The molecule has 3 amide bonds. The highest BCUT2D eigenvalue weighted by Crippen LogP contribution is 2.38. The number of pyridine rings is 3. The number of imidazole rings is 1. The van der Waals surface area contributed by atoms with Crippen molar-refractivity contribution in [2.75, 3.05) is 37.6 Å². The fourth-order valence-electron chi connectivity index (χ4n) is 7.68. The zero-order valence-corrected chi connectivity index (χ0v) is 33.5. The molecule has 3 aliphatic heterocycles. The molecule has 0 saturated carbocycles. The summed E-state index contributed by atoms with van der Waals surface area (Å²) < 4.78 is 97.7. The number of piperidine rings is 3. The minimum Gasteiger partial charge on any atom is -0.490 e. The lowest BCUT2D eigenvalue weighted by Gasteiger charge is -2.33. The van der Waals surface area contributed by atoms with Crippen LogP contribution in [0.1, 0.15) is 97.9 Å².